The molecule has 7 nitrogen and oxygen atoms in total. The number of hydrogen-bond donors (Lipinski definition) is 0. The number of sulfonamides is 1. The normalized spacial score (nSPS) is 11.8. The van der Waals surface area contributed by atoms with Gasteiger partial charge < -0.3 is 9.71 Å². The van der Waals surface area contributed by atoms with Crippen LogP contribution < -0.4 is 4.57 Å². The summed E-state index contributed by atoms with van der Waals surface area (Å²) in [7, 11) is -4.05. The molecule has 0 saturated carbocycles. The van der Waals surface area contributed by atoms with Gasteiger partial charge in [-0.25, -0.2) is 18.0 Å². The number of rotatable bonds is 8. The van der Waals surface area contributed by atoms with Gasteiger partial charge in [-0.1, -0.05) is 55.3 Å². The molecule has 3 aromatic carbocycles. The third-order valence-corrected chi connectivity index (χ3v) is 7.32. The van der Waals surface area contributed by atoms with Gasteiger partial charge in [0.1, 0.15) is 0 Å². The highest BCUT2D eigenvalue weighted by molar-refractivity contribution is 7.94. The van der Waals surface area contributed by atoms with Crippen molar-refractivity contribution < 1.29 is 13.0 Å². The molecule has 9 heteroatoms. The average molecular weight is 506 g/mol. The number of nitrogens with zero attached hydrogens (tertiary/aromatic N) is 5. The first-order chi connectivity index (χ1) is 17.0. The van der Waals surface area contributed by atoms with Crippen molar-refractivity contribution in [1.29, 1.82) is 0 Å². The number of benzene rings is 3. The third kappa shape index (κ3) is 4.72. The fourth-order valence-electron chi connectivity index (χ4n) is 4.03. The molecular weight excluding hydrogens is 482 g/mol. The number of fused-ring (bicyclic) bond motifs is 2. The van der Waals surface area contributed by atoms with Crippen molar-refractivity contribution in [2.45, 2.75) is 37.6 Å². The van der Waals surface area contributed by atoms with Crippen LogP contribution in [-0.2, 0) is 16.6 Å². The smallest absolute Gasteiger partial charge is 0.251 e. The standard InChI is InChI=1S/C26H24ClN5O2S/c1-2-3-8-17-31-18-32(24-12-7-6-11-23(24)31)26-25(28-21-9-4-5-10-22(21)29-26)30-35(33,34)20-15-13-19(27)14-16-20/h4-7,9-16,18H,2-3,8,17H2,1H3. The summed E-state index contributed by atoms with van der Waals surface area (Å²) in [4.78, 5) is 9.45. The zero-order valence-corrected chi connectivity index (χ0v) is 20.7. The molecule has 0 bridgehead atoms. The predicted octanol–water partition coefficient (Wildman–Crippen LogP) is 6.10. The summed E-state index contributed by atoms with van der Waals surface area (Å²) in [6.07, 6.45) is 5.25. The van der Waals surface area contributed by atoms with Gasteiger partial charge in [0.25, 0.3) is 6.33 Å². The molecule has 0 spiro atoms. The van der Waals surface area contributed by atoms with E-state index in [2.05, 4.69) is 21.2 Å². The second kappa shape index (κ2) is 9.64. The molecule has 0 atom stereocenters. The lowest BCUT2D eigenvalue weighted by Gasteiger charge is -2.18. The molecule has 0 N–H and O–H groups in total. The van der Waals surface area contributed by atoms with Crippen LogP contribution in [0.3, 0.4) is 0 Å². The molecule has 35 heavy (non-hydrogen) atoms. The molecule has 2 aromatic heterocycles. The number of aromatic nitrogens is 4. The maximum absolute atomic E-state index is 13.2. The van der Waals surface area contributed by atoms with Gasteiger partial charge in [-0.05, 0) is 60.8 Å². The number of unbranched alkanes of at least 4 members (excludes halogenated alkanes) is 2. The van der Waals surface area contributed by atoms with E-state index in [4.69, 9.17) is 16.6 Å². The first-order valence-corrected chi connectivity index (χ1v) is 13.3. The van der Waals surface area contributed by atoms with Crippen LogP contribution in [0.15, 0.2) is 84.0 Å². The lowest BCUT2D eigenvalue weighted by atomic mass is 10.2. The van der Waals surface area contributed by atoms with Crippen LogP contribution in [0.5, 0.6) is 0 Å². The summed E-state index contributed by atoms with van der Waals surface area (Å²) < 4.78 is 34.5. The van der Waals surface area contributed by atoms with Gasteiger partial charge in [-0.15, -0.1) is 0 Å². The number of aryl methyl sites for hydroxylation is 1. The Morgan fingerprint density at radius 1 is 0.914 bits per heavy atom. The van der Waals surface area contributed by atoms with E-state index >= 15 is 0 Å². The summed E-state index contributed by atoms with van der Waals surface area (Å²) in [5, 5.41) is 0.446. The highest BCUT2D eigenvalue weighted by Gasteiger charge is 2.21. The average Bonchev–Trinajstić information content (AvgIpc) is 3.22. The molecule has 0 unspecified atom stereocenters. The molecule has 2 heterocycles. The monoisotopic (exact) mass is 505 g/mol. The van der Waals surface area contributed by atoms with E-state index in [-0.39, 0.29) is 10.7 Å². The fraction of sp³-hybridized carbons (Fsp3) is 0.192. The van der Waals surface area contributed by atoms with Gasteiger partial charge in [-0.3, -0.25) is 0 Å². The predicted molar refractivity (Wildman–Crippen MR) is 138 cm³/mol. The van der Waals surface area contributed by atoms with E-state index in [0.717, 1.165) is 36.8 Å². The zero-order chi connectivity index (χ0) is 24.4. The molecule has 5 rings (SSSR count). The fourth-order valence-corrected chi connectivity index (χ4v) is 5.09. The largest absolute Gasteiger partial charge is 0.429 e. The van der Waals surface area contributed by atoms with Crippen molar-refractivity contribution in [3.63, 3.8) is 0 Å². The maximum atomic E-state index is 13.2. The Kier molecular flexibility index (Phi) is 6.40. The summed E-state index contributed by atoms with van der Waals surface area (Å²) >= 11 is 5.94. The number of para-hydroxylation sites is 4. The van der Waals surface area contributed by atoms with Crippen LogP contribution in [0.1, 0.15) is 26.2 Å². The summed E-state index contributed by atoms with van der Waals surface area (Å²) in [6, 6.07) is 21.2. The van der Waals surface area contributed by atoms with Gasteiger partial charge >= 0.3 is 0 Å². The molecule has 0 aliphatic carbocycles. The Hall–Kier alpha value is -3.49. The molecule has 0 radical (unpaired) electrons. The van der Waals surface area contributed by atoms with Crippen molar-refractivity contribution in [2.24, 2.45) is 0 Å². The van der Waals surface area contributed by atoms with E-state index in [0.29, 0.717) is 21.9 Å². The molecule has 178 valence electrons. The van der Waals surface area contributed by atoms with Crippen molar-refractivity contribution >= 4 is 49.5 Å². The van der Waals surface area contributed by atoms with Gasteiger partial charge in [0, 0.05) is 10.8 Å². The van der Waals surface area contributed by atoms with Crippen molar-refractivity contribution in [2.75, 3.05) is 0 Å². The SMILES string of the molecule is CCCCC[n+]1cn(-c2nc3ccccc3nc2[N-]S(=O)(=O)c2ccc(Cl)cc2)c2ccccc21. The van der Waals surface area contributed by atoms with Gasteiger partial charge in [0.05, 0.1) is 17.0 Å². The first kappa shape index (κ1) is 23.3. The summed E-state index contributed by atoms with van der Waals surface area (Å²) in [5.41, 5.74) is 3.15. The lowest BCUT2D eigenvalue weighted by molar-refractivity contribution is -0.672. The minimum atomic E-state index is -4.05. The molecule has 0 aliphatic heterocycles. The van der Waals surface area contributed by atoms with E-state index in [1.165, 1.54) is 24.3 Å². The molecule has 0 saturated heterocycles. The third-order valence-electron chi connectivity index (χ3n) is 5.79. The van der Waals surface area contributed by atoms with E-state index in [1.54, 1.807) is 6.07 Å². The van der Waals surface area contributed by atoms with Crippen LogP contribution in [0.4, 0.5) is 5.82 Å². The van der Waals surface area contributed by atoms with E-state index < -0.39 is 10.0 Å². The van der Waals surface area contributed by atoms with Gasteiger partial charge in [0.2, 0.25) is 15.8 Å². The Bertz CT molecular complexity index is 1610. The van der Waals surface area contributed by atoms with E-state index in [1.807, 2.05) is 53.4 Å². The minimum Gasteiger partial charge on any atom is -0.429 e. The van der Waals surface area contributed by atoms with E-state index in [9.17, 15) is 8.42 Å². The lowest BCUT2D eigenvalue weighted by Crippen LogP contribution is -2.32. The summed E-state index contributed by atoms with van der Waals surface area (Å²) in [6.45, 7) is 3.02. The molecule has 0 fully saturated rings. The molecular formula is C26H24ClN5O2S. The van der Waals surface area contributed by atoms with Crippen molar-refractivity contribution in [3.05, 3.63) is 88.9 Å². The quantitative estimate of drug-likeness (QED) is 0.188. The Morgan fingerprint density at radius 3 is 2.34 bits per heavy atom. The van der Waals surface area contributed by atoms with Crippen molar-refractivity contribution in [3.8, 4) is 5.82 Å². The second-order valence-electron chi connectivity index (χ2n) is 8.25. The Morgan fingerprint density at radius 2 is 1.60 bits per heavy atom. The first-order valence-electron chi connectivity index (χ1n) is 11.5. The minimum absolute atomic E-state index is 0.0279. The highest BCUT2D eigenvalue weighted by atomic mass is 35.5. The Labute approximate surface area is 209 Å². The van der Waals surface area contributed by atoms with Crippen LogP contribution in [-0.4, -0.2) is 23.0 Å². The van der Waals surface area contributed by atoms with Gasteiger partial charge in [0.15, 0.2) is 11.0 Å². The number of imidazole rings is 1. The van der Waals surface area contributed by atoms with Crippen LogP contribution in [0.25, 0.3) is 32.6 Å². The maximum Gasteiger partial charge on any atom is 0.251 e. The highest BCUT2D eigenvalue weighted by Crippen LogP contribution is 2.33. The van der Waals surface area contributed by atoms with Crippen LogP contribution in [0, 0.1) is 0 Å². The molecule has 5 aromatic rings. The van der Waals surface area contributed by atoms with Crippen LogP contribution >= 0.6 is 11.6 Å². The number of halogens is 1. The zero-order valence-electron chi connectivity index (χ0n) is 19.2. The second-order valence-corrected chi connectivity index (χ2v) is 10.3. The van der Waals surface area contributed by atoms with Crippen molar-refractivity contribution in [1.82, 2.24) is 14.5 Å². The van der Waals surface area contributed by atoms with Gasteiger partial charge in [-0.2, -0.15) is 4.57 Å². The molecule has 0 aliphatic rings. The molecule has 0 amide bonds. The summed E-state index contributed by atoms with van der Waals surface area (Å²) in [5.74, 6) is 0.381. The number of hydrogen-bond acceptors (Lipinski definition) is 4. The van der Waals surface area contributed by atoms with Crippen LogP contribution in [0.2, 0.25) is 5.02 Å². The topological polar surface area (TPSA) is 82.8 Å². The Balaban J connectivity index is 1.67.